The summed E-state index contributed by atoms with van der Waals surface area (Å²) in [5.74, 6) is 2.08. The zero-order valence-electron chi connectivity index (χ0n) is 10.7. The van der Waals surface area contributed by atoms with Crippen molar-refractivity contribution in [3.8, 4) is 0 Å². The molecule has 3 unspecified atom stereocenters. The van der Waals surface area contributed by atoms with Gasteiger partial charge in [-0.05, 0) is 39.8 Å². The summed E-state index contributed by atoms with van der Waals surface area (Å²) >= 11 is 0. The molecule has 1 aromatic heterocycles. The lowest BCUT2D eigenvalue weighted by Gasteiger charge is -2.40. The van der Waals surface area contributed by atoms with Gasteiger partial charge in [-0.1, -0.05) is 0 Å². The van der Waals surface area contributed by atoms with Crippen molar-refractivity contribution in [1.29, 1.82) is 0 Å². The molecule has 1 fully saturated rings. The molecular weight excluding hydrogens is 200 g/mol. The largest absolute Gasteiger partial charge is 0.465 e. The van der Waals surface area contributed by atoms with Crippen LogP contribution in [0.5, 0.6) is 0 Å². The monoisotopic (exact) mass is 222 g/mol. The number of aryl methyl sites for hydroxylation is 1. The van der Waals surface area contributed by atoms with Crippen LogP contribution in [0.1, 0.15) is 38.3 Å². The Labute approximate surface area is 97.8 Å². The minimum Gasteiger partial charge on any atom is -0.465 e. The SMILES string of the molecule is Cc1ccc(C(C)N2CC(C)NCC2C)o1. The van der Waals surface area contributed by atoms with Gasteiger partial charge in [0.2, 0.25) is 0 Å². The lowest BCUT2D eigenvalue weighted by atomic mass is 10.1. The van der Waals surface area contributed by atoms with Crippen LogP contribution in [0.25, 0.3) is 0 Å². The number of piperazine rings is 1. The second kappa shape index (κ2) is 4.60. The number of nitrogens with zero attached hydrogens (tertiary/aromatic N) is 1. The number of furan rings is 1. The van der Waals surface area contributed by atoms with Crippen molar-refractivity contribution in [3.63, 3.8) is 0 Å². The molecule has 0 radical (unpaired) electrons. The summed E-state index contributed by atoms with van der Waals surface area (Å²) in [4.78, 5) is 2.51. The highest BCUT2D eigenvalue weighted by Crippen LogP contribution is 2.25. The molecule has 1 N–H and O–H groups in total. The van der Waals surface area contributed by atoms with Crippen molar-refractivity contribution in [1.82, 2.24) is 10.2 Å². The molecule has 2 heterocycles. The molecule has 0 spiro atoms. The molecule has 1 aromatic rings. The second-order valence-corrected chi connectivity index (χ2v) is 4.98. The zero-order chi connectivity index (χ0) is 11.7. The van der Waals surface area contributed by atoms with E-state index in [1.165, 1.54) is 0 Å². The molecule has 0 bridgehead atoms. The summed E-state index contributed by atoms with van der Waals surface area (Å²) < 4.78 is 5.72. The van der Waals surface area contributed by atoms with Gasteiger partial charge in [-0.15, -0.1) is 0 Å². The average Bonchev–Trinajstić information content (AvgIpc) is 2.67. The van der Waals surface area contributed by atoms with E-state index in [2.05, 4.69) is 37.1 Å². The third-order valence-electron chi connectivity index (χ3n) is 3.48. The molecule has 1 aliphatic heterocycles. The Hall–Kier alpha value is -0.800. The summed E-state index contributed by atoms with van der Waals surface area (Å²) in [5.41, 5.74) is 0. The predicted octanol–water partition coefficient (Wildman–Crippen LogP) is 2.33. The standard InChI is InChI=1S/C13H22N2O/c1-9-8-15(10(2)7-14-9)12(4)13-6-5-11(3)16-13/h5-6,9-10,12,14H,7-8H2,1-4H3. The Kier molecular flexibility index (Phi) is 3.36. The van der Waals surface area contributed by atoms with E-state index in [4.69, 9.17) is 4.42 Å². The summed E-state index contributed by atoms with van der Waals surface area (Å²) in [6.07, 6.45) is 0. The van der Waals surface area contributed by atoms with Crippen LogP contribution in [0.4, 0.5) is 0 Å². The van der Waals surface area contributed by atoms with Crippen molar-refractivity contribution >= 4 is 0 Å². The summed E-state index contributed by atoms with van der Waals surface area (Å²) in [7, 11) is 0. The highest BCUT2D eigenvalue weighted by atomic mass is 16.3. The molecule has 90 valence electrons. The maximum Gasteiger partial charge on any atom is 0.121 e. The van der Waals surface area contributed by atoms with Gasteiger partial charge >= 0.3 is 0 Å². The van der Waals surface area contributed by atoms with Gasteiger partial charge in [-0.2, -0.15) is 0 Å². The Morgan fingerprint density at radius 1 is 1.44 bits per heavy atom. The van der Waals surface area contributed by atoms with Gasteiger partial charge < -0.3 is 9.73 Å². The van der Waals surface area contributed by atoms with Gasteiger partial charge in [0.1, 0.15) is 11.5 Å². The van der Waals surface area contributed by atoms with Gasteiger partial charge in [0.15, 0.2) is 0 Å². The van der Waals surface area contributed by atoms with Crippen molar-refractivity contribution in [2.75, 3.05) is 13.1 Å². The van der Waals surface area contributed by atoms with E-state index in [9.17, 15) is 0 Å². The Morgan fingerprint density at radius 3 is 2.81 bits per heavy atom. The van der Waals surface area contributed by atoms with E-state index in [0.29, 0.717) is 18.1 Å². The third kappa shape index (κ3) is 2.30. The van der Waals surface area contributed by atoms with Crippen molar-refractivity contribution in [2.45, 2.75) is 45.8 Å². The maximum absolute atomic E-state index is 5.72. The van der Waals surface area contributed by atoms with Gasteiger partial charge in [0.25, 0.3) is 0 Å². The molecular formula is C13H22N2O. The quantitative estimate of drug-likeness (QED) is 0.832. The second-order valence-electron chi connectivity index (χ2n) is 4.98. The maximum atomic E-state index is 5.72. The number of rotatable bonds is 2. The molecule has 1 saturated heterocycles. The van der Waals surface area contributed by atoms with Gasteiger partial charge in [0.05, 0.1) is 6.04 Å². The van der Waals surface area contributed by atoms with Gasteiger partial charge in [0, 0.05) is 25.2 Å². The summed E-state index contributed by atoms with van der Waals surface area (Å²) in [6.45, 7) is 10.9. The lowest BCUT2D eigenvalue weighted by molar-refractivity contribution is 0.0915. The first-order valence-corrected chi connectivity index (χ1v) is 6.13. The van der Waals surface area contributed by atoms with Crippen LogP contribution >= 0.6 is 0 Å². The Bertz CT molecular complexity index is 347. The first kappa shape index (κ1) is 11.7. The zero-order valence-corrected chi connectivity index (χ0v) is 10.7. The number of hydrogen-bond donors (Lipinski definition) is 1. The van der Waals surface area contributed by atoms with Crippen molar-refractivity contribution in [3.05, 3.63) is 23.7 Å². The Morgan fingerprint density at radius 2 is 2.19 bits per heavy atom. The van der Waals surface area contributed by atoms with Crippen LogP contribution in [-0.4, -0.2) is 30.1 Å². The van der Waals surface area contributed by atoms with E-state index in [1.54, 1.807) is 0 Å². The van der Waals surface area contributed by atoms with Crippen molar-refractivity contribution in [2.24, 2.45) is 0 Å². The van der Waals surface area contributed by atoms with Gasteiger partial charge in [-0.3, -0.25) is 4.90 Å². The Balaban J connectivity index is 2.10. The number of hydrogen-bond acceptors (Lipinski definition) is 3. The normalized spacial score (nSPS) is 29.2. The minimum absolute atomic E-state index is 0.369. The smallest absolute Gasteiger partial charge is 0.121 e. The molecule has 3 atom stereocenters. The minimum atomic E-state index is 0.369. The molecule has 2 rings (SSSR count). The van der Waals surface area contributed by atoms with Crippen LogP contribution in [0.15, 0.2) is 16.5 Å². The van der Waals surface area contributed by atoms with E-state index in [0.717, 1.165) is 24.6 Å². The van der Waals surface area contributed by atoms with Crippen LogP contribution < -0.4 is 5.32 Å². The van der Waals surface area contributed by atoms with Crippen molar-refractivity contribution < 1.29 is 4.42 Å². The molecule has 16 heavy (non-hydrogen) atoms. The molecule has 0 aromatic carbocycles. The summed E-state index contributed by atoms with van der Waals surface area (Å²) in [5, 5.41) is 3.50. The van der Waals surface area contributed by atoms with E-state index in [1.807, 2.05) is 13.0 Å². The first-order valence-electron chi connectivity index (χ1n) is 6.13. The summed E-state index contributed by atoms with van der Waals surface area (Å²) in [6, 6.07) is 5.64. The molecule has 3 heteroatoms. The first-order chi connectivity index (χ1) is 7.58. The lowest BCUT2D eigenvalue weighted by Crippen LogP contribution is -2.54. The van der Waals surface area contributed by atoms with E-state index >= 15 is 0 Å². The molecule has 0 amide bonds. The molecule has 0 saturated carbocycles. The molecule has 0 aliphatic carbocycles. The fraction of sp³-hybridized carbons (Fsp3) is 0.692. The predicted molar refractivity (Wildman–Crippen MR) is 65.5 cm³/mol. The third-order valence-corrected chi connectivity index (χ3v) is 3.48. The topological polar surface area (TPSA) is 28.4 Å². The van der Waals surface area contributed by atoms with Crippen LogP contribution in [0.3, 0.4) is 0 Å². The highest BCUT2D eigenvalue weighted by Gasteiger charge is 2.28. The van der Waals surface area contributed by atoms with E-state index < -0.39 is 0 Å². The van der Waals surface area contributed by atoms with Crippen LogP contribution in [0.2, 0.25) is 0 Å². The molecule has 1 aliphatic rings. The van der Waals surface area contributed by atoms with Crippen LogP contribution in [-0.2, 0) is 0 Å². The van der Waals surface area contributed by atoms with E-state index in [-0.39, 0.29) is 0 Å². The van der Waals surface area contributed by atoms with Gasteiger partial charge in [-0.25, -0.2) is 0 Å². The fourth-order valence-electron chi connectivity index (χ4n) is 2.43. The average molecular weight is 222 g/mol. The molecule has 3 nitrogen and oxygen atoms in total. The fourth-order valence-corrected chi connectivity index (χ4v) is 2.43. The number of nitrogens with one attached hydrogen (secondary N) is 1. The van der Waals surface area contributed by atoms with Crippen LogP contribution in [0, 0.1) is 6.92 Å². The highest BCUT2D eigenvalue weighted by molar-refractivity contribution is 5.10.